The Morgan fingerprint density at radius 1 is 1.34 bits per heavy atom. The zero-order chi connectivity index (χ0) is 21.3. The quantitative estimate of drug-likeness (QED) is 0.613. The summed E-state index contributed by atoms with van der Waals surface area (Å²) >= 11 is 0. The number of esters is 1. The minimum absolute atomic E-state index is 0.00349. The Morgan fingerprint density at radius 2 is 2.07 bits per heavy atom. The first-order valence-electron chi connectivity index (χ1n) is 9.46. The summed E-state index contributed by atoms with van der Waals surface area (Å²) in [6.07, 6.45) is 0.905. The van der Waals surface area contributed by atoms with Gasteiger partial charge in [0.15, 0.2) is 17.3 Å². The van der Waals surface area contributed by atoms with Gasteiger partial charge in [0, 0.05) is 25.3 Å². The molecule has 1 aliphatic carbocycles. The molecule has 3 rings (SSSR count). The zero-order valence-electron chi connectivity index (χ0n) is 17.0. The maximum Gasteiger partial charge on any atom is 0.308 e. The molecule has 7 heteroatoms. The second-order valence-electron chi connectivity index (χ2n) is 7.94. The van der Waals surface area contributed by atoms with Crippen LogP contribution in [-0.4, -0.2) is 18.4 Å². The van der Waals surface area contributed by atoms with Crippen LogP contribution in [0.2, 0.25) is 0 Å². The first-order chi connectivity index (χ1) is 13.7. The molecular formula is C22H24N2O5. The van der Waals surface area contributed by atoms with Gasteiger partial charge in [-0.3, -0.25) is 9.59 Å². The van der Waals surface area contributed by atoms with Crippen molar-refractivity contribution in [2.45, 2.75) is 46.5 Å². The van der Waals surface area contributed by atoms with Gasteiger partial charge in [-0.2, -0.15) is 5.26 Å². The van der Waals surface area contributed by atoms with Crippen LogP contribution in [0.15, 0.2) is 41.0 Å². The van der Waals surface area contributed by atoms with E-state index in [2.05, 4.69) is 6.07 Å². The molecule has 0 bridgehead atoms. The molecule has 0 spiro atoms. The van der Waals surface area contributed by atoms with Crippen molar-refractivity contribution >= 4 is 11.8 Å². The van der Waals surface area contributed by atoms with E-state index in [1.807, 2.05) is 20.8 Å². The number of allylic oxidation sites excluding steroid dienone is 3. The molecule has 0 saturated carbocycles. The van der Waals surface area contributed by atoms with Crippen molar-refractivity contribution in [2.24, 2.45) is 11.1 Å². The number of ketones is 1. The molecule has 7 nitrogen and oxygen atoms in total. The van der Waals surface area contributed by atoms with Crippen LogP contribution in [0.3, 0.4) is 0 Å². The van der Waals surface area contributed by atoms with Crippen LogP contribution in [-0.2, 0) is 14.3 Å². The Morgan fingerprint density at radius 3 is 2.69 bits per heavy atom. The van der Waals surface area contributed by atoms with E-state index in [1.165, 1.54) is 6.92 Å². The van der Waals surface area contributed by atoms with Gasteiger partial charge in [-0.15, -0.1) is 0 Å². The molecule has 0 aromatic heterocycles. The van der Waals surface area contributed by atoms with Crippen LogP contribution in [0.1, 0.15) is 52.0 Å². The summed E-state index contributed by atoms with van der Waals surface area (Å²) in [4.78, 5) is 24.4. The Bertz CT molecular complexity index is 981. The summed E-state index contributed by atoms with van der Waals surface area (Å²) in [5, 5.41) is 9.72. The molecule has 0 saturated heterocycles. The van der Waals surface area contributed by atoms with E-state index in [9.17, 15) is 14.9 Å². The molecule has 0 amide bonds. The van der Waals surface area contributed by atoms with E-state index in [0.29, 0.717) is 42.1 Å². The van der Waals surface area contributed by atoms with E-state index in [1.54, 1.807) is 18.2 Å². The van der Waals surface area contributed by atoms with Crippen molar-refractivity contribution in [1.29, 1.82) is 5.26 Å². The van der Waals surface area contributed by atoms with E-state index in [0.717, 1.165) is 0 Å². The summed E-state index contributed by atoms with van der Waals surface area (Å²) in [5.74, 6) is -0.0504. The van der Waals surface area contributed by atoms with Gasteiger partial charge in [0.2, 0.25) is 5.88 Å². The number of ether oxygens (including phenoxy) is 3. The smallest absolute Gasteiger partial charge is 0.308 e. The molecule has 0 fully saturated rings. The van der Waals surface area contributed by atoms with Gasteiger partial charge in [-0.25, -0.2) is 0 Å². The monoisotopic (exact) mass is 396 g/mol. The standard InChI is InChI=1S/C22H24N2O5/c1-5-27-17-8-13(6-7-16(17)28-12(2)25)19-14(11-23)21(24)29-18-10-22(3,4)9-15(26)20(18)19/h6-8,19H,5,9-10,24H2,1-4H3/t19-/m1/s1. The third kappa shape index (κ3) is 3.97. The SMILES string of the molecule is CCOc1cc([C@@H]2C(C#N)=C(N)OC3=C2C(=O)CC(C)(C)C3)ccc1OC(C)=O. The van der Waals surface area contributed by atoms with Crippen LogP contribution in [0.4, 0.5) is 0 Å². The lowest BCUT2D eigenvalue weighted by Crippen LogP contribution is -2.33. The van der Waals surface area contributed by atoms with E-state index in [4.69, 9.17) is 19.9 Å². The van der Waals surface area contributed by atoms with Crippen molar-refractivity contribution in [3.05, 3.63) is 46.6 Å². The highest BCUT2D eigenvalue weighted by atomic mass is 16.6. The highest BCUT2D eigenvalue weighted by molar-refractivity contribution is 6.00. The second-order valence-corrected chi connectivity index (χ2v) is 7.94. The minimum Gasteiger partial charge on any atom is -0.490 e. The number of carbonyl (C=O) groups excluding carboxylic acids is 2. The molecular weight excluding hydrogens is 372 g/mol. The first kappa shape index (κ1) is 20.5. The minimum atomic E-state index is -0.655. The Kier molecular flexibility index (Phi) is 5.38. The number of nitrogens with two attached hydrogens (primary N) is 1. The number of hydrogen-bond acceptors (Lipinski definition) is 7. The fraction of sp³-hybridized carbons (Fsp3) is 0.409. The first-order valence-corrected chi connectivity index (χ1v) is 9.46. The average molecular weight is 396 g/mol. The summed E-state index contributed by atoms with van der Waals surface area (Å²) in [7, 11) is 0. The van der Waals surface area contributed by atoms with E-state index < -0.39 is 11.9 Å². The van der Waals surface area contributed by atoms with Gasteiger partial charge in [0.1, 0.15) is 17.4 Å². The molecule has 1 aromatic carbocycles. The number of rotatable bonds is 4. The van der Waals surface area contributed by atoms with E-state index in [-0.39, 0.29) is 28.4 Å². The molecule has 1 atom stereocenters. The Labute approximate surface area is 169 Å². The summed E-state index contributed by atoms with van der Waals surface area (Å²) in [5.41, 5.74) is 7.07. The predicted molar refractivity (Wildman–Crippen MR) is 105 cm³/mol. The van der Waals surface area contributed by atoms with Gasteiger partial charge in [0.05, 0.1) is 12.5 Å². The van der Waals surface area contributed by atoms with Gasteiger partial charge < -0.3 is 19.9 Å². The van der Waals surface area contributed by atoms with Gasteiger partial charge in [0.25, 0.3) is 0 Å². The molecule has 1 heterocycles. The molecule has 2 aliphatic rings. The van der Waals surface area contributed by atoms with Crippen molar-refractivity contribution < 1.29 is 23.8 Å². The molecule has 0 unspecified atom stereocenters. The fourth-order valence-electron chi connectivity index (χ4n) is 3.83. The van der Waals surface area contributed by atoms with Gasteiger partial charge in [-0.1, -0.05) is 19.9 Å². The number of Topliss-reactive ketones (excluding diaryl/α,β-unsaturated/α-hetero) is 1. The summed E-state index contributed by atoms with van der Waals surface area (Å²) in [6.45, 7) is 7.46. The van der Waals surface area contributed by atoms with Crippen molar-refractivity contribution in [1.82, 2.24) is 0 Å². The van der Waals surface area contributed by atoms with Crippen LogP contribution in [0, 0.1) is 16.7 Å². The van der Waals surface area contributed by atoms with Crippen LogP contribution in [0.25, 0.3) is 0 Å². The number of hydrogen-bond donors (Lipinski definition) is 1. The number of nitrogens with zero attached hydrogens (tertiary/aromatic N) is 1. The molecule has 152 valence electrons. The summed E-state index contributed by atoms with van der Waals surface area (Å²) in [6, 6.07) is 7.08. The van der Waals surface area contributed by atoms with Crippen LogP contribution >= 0.6 is 0 Å². The maximum absolute atomic E-state index is 13.0. The lowest BCUT2D eigenvalue weighted by Gasteiger charge is -2.37. The fourth-order valence-corrected chi connectivity index (χ4v) is 3.83. The zero-order valence-corrected chi connectivity index (χ0v) is 17.0. The largest absolute Gasteiger partial charge is 0.490 e. The second kappa shape index (κ2) is 7.63. The number of carbonyl (C=O) groups is 2. The normalized spacial score (nSPS) is 20.5. The van der Waals surface area contributed by atoms with Crippen molar-refractivity contribution in [2.75, 3.05) is 6.61 Å². The number of benzene rings is 1. The predicted octanol–water partition coefficient (Wildman–Crippen LogP) is 3.46. The highest BCUT2D eigenvalue weighted by Gasteiger charge is 2.43. The molecule has 29 heavy (non-hydrogen) atoms. The lowest BCUT2D eigenvalue weighted by atomic mass is 9.70. The highest BCUT2D eigenvalue weighted by Crippen LogP contribution is 2.48. The van der Waals surface area contributed by atoms with Gasteiger partial charge in [-0.05, 0) is 30.0 Å². The topological polar surface area (TPSA) is 112 Å². The Balaban J connectivity index is 2.15. The third-order valence-corrected chi connectivity index (χ3v) is 4.93. The average Bonchev–Trinajstić information content (AvgIpc) is 2.60. The maximum atomic E-state index is 13.0. The Hall–Kier alpha value is -3.27. The third-order valence-electron chi connectivity index (χ3n) is 4.93. The van der Waals surface area contributed by atoms with E-state index >= 15 is 0 Å². The molecule has 2 N–H and O–H groups in total. The molecule has 1 aromatic rings. The molecule has 0 radical (unpaired) electrons. The van der Waals surface area contributed by atoms with Crippen molar-refractivity contribution in [3.8, 4) is 17.6 Å². The van der Waals surface area contributed by atoms with Crippen LogP contribution in [0.5, 0.6) is 11.5 Å². The number of nitriles is 1. The van der Waals surface area contributed by atoms with Crippen molar-refractivity contribution in [3.63, 3.8) is 0 Å². The van der Waals surface area contributed by atoms with Gasteiger partial charge >= 0.3 is 5.97 Å². The summed E-state index contributed by atoms with van der Waals surface area (Å²) < 4.78 is 16.5. The lowest BCUT2D eigenvalue weighted by molar-refractivity contribution is -0.132. The molecule has 1 aliphatic heterocycles. The van der Waals surface area contributed by atoms with Crippen LogP contribution < -0.4 is 15.2 Å².